The number of hydrogen-bond donors (Lipinski definition) is 2. The van der Waals surface area contributed by atoms with Gasteiger partial charge in [0.15, 0.2) is 0 Å². The largest absolute Gasteiger partial charge is 0.345 e. The Morgan fingerprint density at radius 1 is 1.11 bits per heavy atom. The van der Waals surface area contributed by atoms with Gasteiger partial charge in [0.2, 0.25) is 0 Å². The summed E-state index contributed by atoms with van der Waals surface area (Å²) < 4.78 is 0. The van der Waals surface area contributed by atoms with Crippen molar-refractivity contribution in [2.45, 2.75) is 6.54 Å². The highest BCUT2D eigenvalue weighted by molar-refractivity contribution is 6.00. The van der Waals surface area contributed by atoms with Crippen LogP contribution in [0, 0.1) is 0 Å². The molecule has 7 nitrogen and oxygen atoms in total. The highest BCUT2D eigenvalue weighted by Crippen LogP contribution is 2.21. The molecule has 0 bridgehead atoms. The first kappa shape index (κ1) is 16.7. The van der Waals surface area contributed by atoms with Crippen LogP contribution in [0.25, 0.3) is 22.3 Å². The molecule has 0 atom stereocenters. The van der Waals surface area contributed by atoms with E-state index in [2.05, 4.69) is 19.9 Å². The van der Waals surface area contributed by atoms with Gasteiger partial charge in [0.25, 0.3) is 11.5 Å². The van der Waals surface area contributed by atoms with Crippen LogP contribution in [0.15, 0.2) is 65.7 Å². The first-order valence-electron chi connectivity index (χ1n) is 8.45. The summed E-state index contributed by atoms with van der Waals surface area (Å²) in [7, 11) is 1.68. The summed E-state index contributed by atoms with van der Waals surface area (Å²) in [4.78, 5) is 41.2. The minimum atomic E-state index is -0.215. The number of hydrogen-bond acceptors (Lipinski definition) is 4. The Balaban J connectivity index is 1.64. The van der Waals surface area contributed by atoms with Crippen molar-refractivity contribution in [2.75, 3.05) is 7.05 Å². The molecule has 4 rings (SSSR count). The van der Waals surface area contributed by atoms with Crippen LogP contribution in [0.4, 0.5) is 0 Å². The van der Waals surface area contributed by atoms with Crippen molar-refractivity contribution in [2.24, 2.45) is 0 Å². The molecule has 27 heavy (non-hydrogen) atoms. The van der Waals surface area contributed by atoms with E-state index >= 15 is 0 Å². The van der Waals surface area contributed by atoms with Crippen molar-refractivity contribution >= 4 is 16.8 Å². The second-order valence-electron chi connectivity index (χ2n) is 6.17. The summed E-state index contributed by atoms with van der Waals surface area (Å²) in [5, 5.41) is 0.526. The zero-order valence-electron chi connectivity index (χ0n) is 14.6. The smallest absolute Gasteiger partial charge is 0.258 e. The van der Waals surface area contributed by atoms with E-state index in [1.807, 2.05) is 24.3 Å². The third-order valence-electron chi connectivity index (χ3n) is 4.31. The molecular weight excluding hydrogens is 342 g/mol. The molecule has 7 heteroatoms. The average molecular weight is 359 g/mol. The van der Waals surface area contributed by atoms with Crippen molar-refractivity contribution < 1.29 is 4.79 Å². The summed E-state index contributed by atoms with van der Waals surface area (Å²) >= 11 is 0. The van der Waals surface area contributed by atoms with Gasteiger partial charge >= 0.3 is 0 Å². The lowest BCUT2D eigenvalue weighted by atomic mass is 10.1. The number of H-pyrrole nitrogens is 2. The van der Waals surface area contributed by atoms with E-state index in [1.54, 1.807) is 43.7 Å². The highest BCUT2D eigenvalue weighted by Gasteiger charge is 2.18. The lowest BCUT2D eigenvalue weighted by Gasteiger charge is -2.18. The van der Waals surface area contributed by atoms with Crippen LogP contribution < -0.4 is 5.56 Å². The number of aromatic amines is 2. The number of imidazole rings is 1. The Morgan fingerprint density at radius 2 is 1.89 bits per heavy atom. The van der Waals surface area contributed by atoms with Crippen LogP contribution in [0.5, 0.6) is 0 Å². The fourth-order valence-corrected chi connectivity index (χ4v) is 3.00. The number of amides is 1. The molecule has 0 saturated carbocycles. The van der Waals surface area contributed by atoms with Crippen LogP contribution in [0.3, 0.4) is 0 Å². The van der Waals surface area contributed by atoms with Gasteiger partial charge in [0.05, 0.1) is 23.0 Å². The molecule has 0 radical (unpaired) electrons. The standard InChI is InChI=1S/C20H17N5O2/c1-25(12-17-23-16-9-5-4-8-15(16)19(26)24-17)20(27)14-7-3-2-6-13(14)18-21-10-11-22-18/h2-11H,12H2,1H3,(H,21,22)(H,23,24,26). The highest BCUT2D eigenvalue weighted by atomic mass is 16.2. The van der Waals surface area contributed by atoms with Gasteiger partial charge in [-0.2, -0.15) is 0 Å². The molecule has 0 fully saturated rings. The lowest BCUT2D eigenvalue weighted by Crippen LogP contribution is -2.28. The summed E-state index contributed by atoms with van der Waals surface area (Å²) in [6.45, 7) is 0.186. The predicted molar refractivity (Wildman–Crippen MR) is 102 cm³/mol. The Labute approximate surface area is 154 Å². The van der Waals surface area contributed by atoms with Crippen LogP contribution in [-0.4, -0.2) is 37.8 Å². The van der Waals surface area contributed by atoms with Gasteiger partial charge in [-0.3, -0.25) is 9.59 Å². The minimum Gasteiger partial charge on any atom is -0.345 e. The van der Waals surface area contributed by atoms with E-state index in [9.17, 15) is 9.59 Å². The first-order valence-corrected chi connectivity index (χ1v) is 8.45. The number of carbonyl (C=O) groups is 1. The molecular formula is C20H17N5O2. The number of fused-ring (bicyclic) bond motifs is 1. The maximum atomic E-state index is 13.0. The maximum Gasteiger partial charge on any atom is 0.258 e. The third kappa shape index (κ3) is 3.22. The molecule has 1 amide bonds. The Hall–Kier alpha value is -3.74. The molecule has 0 unspecified atom stereocenters. The van der Waals surface area contributed by atoms with Crippen molar-refractivity contribution in [3.05, 3.63) is 82.7 Å². The number of rotatable bonds is 4. The van der Waals surface area contributed by atoms with Gasteiger partial charge < -0.3 is 14.9 Å². The van der Waals surface area contributed by atoms with Crippen LogP contribution in [0.2, 0.25) is 0 Å². The van der Waals surface area contributed by atoms with E-state index < -0.39 is 0 Å². The molecule has 0 aliphatic carbocycles. The van der Waals surface area contributed by atoms with E-state index in [1.165, 1.54) is 4.90 Å². The van der Waals surface area contributed by atoms with E-state index in [0.717, 1.165) is 5.56 Å². The Bertz CT molecular complexity index is 1160. The molecule has 2 aromatic heterocycles. The van der Waals surface area contributed by atoms with E-state index in [4.69, 9.17) is 0 Å². The van der Waals surface area contributed by atoms with E-state index in [0.29, 0.717) is 28.1 Å². The van der Waals surface area contributed by atoms with Crippen molar-refractivity contribution in [3.8, 4) is 11.4 Å². The number of nitrogens with one attached hydrogen (secondary N) is 2. The maximum absolute atomic E-state index is 13.0. The fourth-order valence-electron chi connectivity index (χ4n) is 3.00. The number of benzene rings is 2. The molecule has 2 N–H and O–H groups in total. The van der Waals surface area contributed by atoms with Crippen molar-refractivity contribution in [3.63, 3.8) is 0 Å². The Kier molecular flexibility index (Phi) is 4.25. The number of para-hydroxylation sites is 1. The van der Waals surface area contributed by atoms with Gasteiger partial charge in [-0.25, -0.2) is 9.97 Å². The molecule has 2 heterocycles. The van der Waals surface area contributed by atoms with E-state index in [-0.39, 0.29) is 18.0 Å². The summed E-state index contributed by atoms with van der Waals surface area (Å²) in [6, 6.07) is 14.4. The van der Waals surface area contributed by atoms with Crippen molar-refractivity contribution in [1.82, 2.24) is 24.8 Å². The first-order chi connectivity index (χ1) is 13.1. The van der Waals surface area contributed by atoms with Gasteiger partial charge in [0, 0.05) is 25.0 Å². The Morgan fingerprint density at radius 3 is 2.70 bits per heavy atom. The van der Waals surface area contributed by atoms with Gasteiger partial charge in [-0.1, -0.05) is 30.3 Å². The zero-order chi connectivity index (χ0) is 18.8. The molecule has 0 saturated heterocycles. The monoisotopic (exact) mass is 359 g/mol. The van der Waals surface area contributed by atoms with Crippen molar-refractivity contribution in [1.29, 1.82) is 0 Å². The average Bonchev–Trinajstić information content (AvgIpc) is 3.22. The van der Waals surface area contributed by atoms with Crippen LogP contribution in [0.1, 0.15) is 16.2 Å². The van der Waals surface area contributed by atoms with Gasteiger partial charge in [0.1, 0.15) is 11.6 Å². The minimum absolute atomic E-state index is 0.183. The molecule has 134 valence electrons. The lowest BCUT2D eigenvalue weighted by molar-refractivity contribution is 0.0782. The molecule has 0 spiro atoms. The second-order valence-corrected chi connectivity index (χ2v) is 6.17. The second kappa shape index (κ2) is 6.87. The zero-order valence-corrected chi connectivity index (χ0v) is 14.6. The third-order valence-corrected chi connectivity index (χ3v) is 4.31. The number of carbonyl (C=O) groups excluding carboxylic acids is 1. The normalized spacial score (nSPS) is 10.9. The molecule has 4 aromatic rings. The fraction of sp³-hybridized carbons (Fsp3) is 0.100. The number of aromatic nitrogens is 4. The van der Waals surface area contributed by atoms with Crippen LogP contribution in [-0.2, 0) is 6.54 Å². The summed E-state index contributed by atoms with van der Waals surface area (Å²) in [5.74, 6) is 0.882. The van der Waals surface area contributed by atoms with Gasteiger partial charge in [-0.15, -0.1) is 0 Å². The predicted octanol–water partition coefficient (Wildman–Crippen LogP) is 2.59. The quantitative estimate of drug-likeness (QED) is 0.585. The molecule has 2 aromatic carbocycles. The summed E-state index contributed by atoms with van der Waals surface area (Å²) in [6.07, 6.45) is 3.36. The SMILES string of the molecule is CN(Cc1nc2ccccc2c(=O)[nH]1)C(=O)c1ccccc1-c1ncc[nH]1. The number of nitrogens with zero attached hydrogens (tertiary/aromatic N) is 3. The topological polar surface area (TPSA) is 94.7 Å². The molecule has 0 aliphatic heterocycles. The van der Waals surface area contributed by atoms with Crippen LogP contribution >= 0.6 is 0 Å². The molecule has 0 aliphatic rings. The van der Waals surface area contributed by atoms with Gasteiger partial charge in [-0.05, 0) is 18.2 Å². The summed E-state index contributed by atoms with van der Waals surface area (Å²) in [5.41, 5.74) is 1.64.